The number of benzene rings is 3. The Morgan fingerprint density at radius 3 is 2.41 bits per heavy atom. The molecule has 1 unspecified atom stereocenters. The molecule has 1 aliphatic rings. The molecule has 1 amide bonds. The van der Waals surface area contributed by atoms with Gasteiger partial charge in [0.2, 0.25) is 0 Å². The number of amides is 1. The zero-order valence-corrected chi connectivity index (χ0v) is 23.8. The Morgan fingerprint density at radius 1 is 0.951 bits per heavy atom. The van der Waals surface area contributed by atoms with Crippen LogP contribution < -0.4 is 19.1 Å². The van der Waals surface area contributed by atoms with Gasteiger partial charge in [0.1, 0.15) is 5.75 Å². The fourth-order valence-corrected chi connectivity index (χ4v) is 5.71. The molecule has 0 bridgehead atoms. The summed E-state index contributed by atoms with van der Waals surface area (Å²) in [6, 6.07) is 19.1. The third-order valence-corrected chi connectivity index (χ3v) is 7.47. The highest BCUT2D eigenvalue weighted by Gasteiger charge is 2.45. The predicted molar refractivity (Wildman–Crippen MR) is 160 cm³/mol. The van der Waals surface area contributed by atoms with Crippen LogP contribution in [0.15, 0.2) is 84.1 Å². The van der Waals surface area contributed by atoms with Gasteiger partial charge in [0.15, 0.2) is 28.2 Å². The average Bonchev–Trinajstić information content (AvgIpc) is 3.51. The minimum absolute atomic E-state index is 0.0388. The fourth-order valence-electron chi connectivity index (χ4n) is 4.69. The zero-order chi connectivity index (χ0) is 28.9. The topological polar surface area (TPSA) is 98.2 Å². The van der Waals surface area contributed by atoms with Crippen molar-refractivity contribution in [2.75, 3.05) is 24.7 Å². The van der Waals surface area contributed by atoms with Crippen LogP contribution in [0, 0.1) is 0 Å². The molecule has 0 fully saturated rings. The normalized spacial score (nSPS) is 15.2. The molecule has 0 saturated carbocycles. The molecule has 41 heavy (non-hydrogen) atoms. The summed E-state index contributed by atoms with van der Waals surface area (Å²) in [5, 5.41) is 11.5. The molecule has 1 atom stereocenters. The van der Waals surface area contributed by atoms with Crippen molar-refractivity contribution in [2.45, 2.75) is 26.8 Å². The van der Waals surface area contributed by atoms with Crippen molar-refractivity contribution >= 4 is 44.5 Å². The minimum Gasteiger partial charge on any atom is -0.503 e. The predicted octanol–water partition coefficient (Wildman–Crippen LogP) is 6.67. The number of nitrogens with zero attached hydrogens (tertiary/aromatic N) is 2. The number of aliphatic hydroxyl groups excluding tert-OH is 1. The van der Waals surface area contributed by atoms with Gasteiger partial charge >= 0.3 is 0 Å². The molecule has 5 rings (SSSR count). The Labute approximate surface area is 242 Å². The van der Waals surface area contributed by atoms with Crippen LogP contribution in [0.2, 0.25) is 0 Å². The van der Waals surface area contributed by atoms with E-state index in [1.165, 1.54) is 22.3 Å². The Hall–Kier alpha value is -4.63. The first kappa shape index (κ1) is 27.9. The van der Waals surface area contributed by atoms with Gasteiger partial charge in [-0.05, 0) is 68.3 Å². The number of hydrogen-bond donors (Lipinski definition) is 1. The van der Waals surface area contributed by atoms with Gasteiger partial charge in [0.05, 0.1) is 41.7 Å². The fraction of sp³-hybridized carbons (Fsp3) is 0.219. The van der Waals surface area contributed by atoms with Crippen LogP contribution in [0.4, 0.5) is 5.13 Å². The number of aliphatic hydroxyl groups is 1. The van der Waals surface area contributed by atoms with Crippen LogP contribution in [0.1, 0.15) is 37.9 Å². The van der Waals surface area contributed by atoms with E-state index in [-0.39, 0.29) is 5.57 Å². The first-order valence-corrected chi connectivity index (χ1v) is 14.2. The molecular weight excluding hydrogens is 540 g/mol. The monoisotopic (exact) mass is 570 g/mol. The molecule has 1 aliphatic heterocycles. The lowest BCUT2D eigenvalue weighted by Gasteiger charge is -2.25. The summed E-state index contributed by atoms with van der Waals surface area (Å²) in [7, 11) is 0. The van der Waals surface area contributed by atoms with Gasteiger partial charge in [-0.2, -0.15) is 0 Å². The first-order chi connectivity index (χ1) is 19.9. The van der Waals surface area contributed by atoms with Crippen molar-refractivity contribution in [3.8, 4) is 17.2 Å². The van der Waals surface area contributed by atoms with E-state index in [1.54, 1.807) is 24.3 Å². The molecule has 9 heteroatoms. The Bertz CT molecular complexity index is 1640. The lowest BCUT2D eigenvalue weighted by atomic mass is 9.95. The average molecular weight is 571 g/mol. The van der Waals surface area contributed by atoms with E-state index in [0.717, 1.165) is 10.3 Å². The summed E-state index contributed by atoms with van der Waals surface area (Å²) < 4.78 is 18.0. The standard InChI is InChI=1S/C32H30N2O6S/c1-4-38-22-14-15-23-27(19-22)41-32(33-23)34-29(21-13-17-25(39-5-2)26(18-21)40-6-3)28(30(36)31(34)37)24(35)16-12-20-10-8-7-9-11-20/h7-19,29,36H,4-6H2,1-3H3/b16-12+. The molecule has 1 N–H and O–H groups in total. The number of ketones is 1. The maximum Gasteiger partial charge on any atom is 0.296 e. The summed E-state index contributed by atoms with van der Waals surface area (Å²) >= 11 is 1.28. The summed E-state index contributed by atoms with van der Waals surface area (Å²) in [6.45, 7) is 7.00. The second-order valence-corrected chi connectivity index (χ2v) is 10.1. The van der Waals surface area contributed by atoms with Crippen molar-refractivity contribution in [3.63, 3.8) is 0 Å². The van der Waals surface area contributed by atoms with E-state index < -0.39 is 23.5 Å². The van der Waals surface area contributed by atoms with E-state index in [1.807, 2.05) is 69.3 Å². The summed E-state index contributed by atoms with van der Waals surface area (Å²) in [6.07, 6.45) is 3.03. The molecule has 210 valence electrons. The third-order valence-electron chi connectivity index (χ3n) is 6.45. The zero-order valence-electron chi connectivity index (χ0n) is 23.0. The second-order valence-electron chi connectivity index (χ2n) is 9.08. The molecule has 0 aliphatic carbocycles. The third kappa shape index (κ3) is 5.67. The molecule has 0 radical (unpaired) electrons. The number of carbonyl (C=O) groups is 2. The number of hydrogen-bond acceptors (Lipinski definition) is 8. The van der Waals surface area contributed by atoms with Gasteiger partial charge < -0.3 is 19.3 Å². The summed E-state index contributed by atoms with van der Waals surface area (Å²) in [4.78, 5) is 33.3. The van der Waals surface area contributed by atoms with E-state index in [9.17, 15) is 14.7 Å². The van der Waals surface area contributed by atoms with Crippen LogP contribution in [-0.4, -0.2) is 41.6 Å². The maximum absolute atomic E-state index is 13.6. The molecule has 3 aromatic carbocycles. The summed E-state index contributed by atoms with van der Waals surface area (Å²) in [5.74, 6) is -0.0966. The van der Waals surface area contributed by atoms with Crippen molar-refractivity contribution < 1.29 is 28.9 Å². The number of anilines is 1. The molecular formula is C32H30N2O6S. The maximum atomic E-state index is 13.6. The number of rotatable bonds is 11. The van der Waals surface area contributed by atoms with Crippen LogP contribution in [-0.2, 0) is 9.59 Å². The SMILES string of the molecule is CCOc1ccc2nc(N3C(=O)C(O)=C(C(=O)/C=C/c4ccccc4)C3c3ccc(OCC)c(OCC)c3)sc2c1. The van der Waals surface area contributed by atoms with Crippen molar-refractivity contribution in [3.05, 3.63) is 95.3 Å². The number of fused-ring (bicyclic) bond motifs is 1. The minimum atomic E-state index is -0.947. The van der Waals surface area contributed by atoms with Crippen LogP contribution in [0.25, 0.3) is 16.3 Å². The largest absolute Gasteiger partial charge is 0.503 e. The molecule has 4 aromatic rings. The van der Waals surface area contributed by atoms with Crippen molar-refractivity contribution in [1.82, 2.24) is 4.98 Å². The first-order valence-electron chi connectivity index (χ1n) is 13.4. The number of allylic oxidation sites excluding steroid dienone is 1. The Balaban J connectivity index is 1.62. The molecule has 8 nitrogen and oxygen atoms in total. The van der Waals surface area contributed by atoms with Gasteiger partial charge in [0, 0.05) is 0 Å². The Morgan fingerprint density at radius 2 is 1.68 bits per heavy atom. The van der Waals surface area contributed by atoms with E-state index in [0.29, 0.717) is 53.3 Å². The highest BCUT2D eigenvalue weighted by Crippen LogP contribution is 2.45. The van der Waals surface area contributed by atoms with E-state index in [2.05, 4.69) is 0 Å². The van der Waals surface area contributed by atoms with Gasteiger partial charge in [-0.1, -0.05) is 53.8 Å². The number of thiazole rings is 1. The smallest absolute Gasteiger partial charge is 0.296 e. The van der Waals surface area contributed by atoms with Gasteiger partial charge in [-0.15, -0.1) is 0 Å². The second kappa shape index (κ2) is 12.3. The van der Waals surface area contributed by atoms with Crippen molar-refractivity contribution in [2.24, 2.45) is 0 Å². The van der Waals surface area contributed by atoms with Crippen LogP contribution in [0.5, 0.6) is 17.2 Å². The van der Waals surface area contributed by atoms with Gasteiger partial charge in [0.25, 0.3) is 5.91 Å². The number of ether oxygens (including phenoxy) is 3. The van der Waals surface area contributed by atoms with Crippen LogP contribution >= 0.6 is 11.3 Å². The molecule has 2 heterocycles. The van der Waals surface area contributed by atoms with E-state index >= 15 is 0 Å². The number of carbonyl (C=O) groups excluding carboxylic acids is 2. The highest BCUT2D eigenvalue weighted by atomic mass is 32.1. The van der Waals surface area contributed by atoms with Crippen molar-refractivity contribution in [1.29, 1.82) is 0 Å². The number of aromatic nitrogens is 1. The molecule has 0 saturated heterocycles. The highest BCUT2D eigenvalue weighted by molar-refractivity contribution is 7.22. The molecule has 0 spiro atoms. The van der Waals surface area contributed by atoms with E-state index in [4.69, 9.17) is 19.2 Å². The lowest BCUT2D eigenvalue weighted by Crippen LogP contribution is -2.30. The lowest BCUT2D eigenvalue weighted by molar-refractivity contribution is -0.117. The summed E-state index contributed by atoms with van der Waals surface area (Å²) in [5.41, 5.74) is 2.02. The van der Waals surface area contributed by atoms with Crippen LogP contribution in [0.3, 0.4) is 0 Å². The van der Waals surface area contributed by atoms with Gasteiger partial charge in [-0.25, -0.2) is 4.98 Å². The molecule has 1 aromatic heterocycles. The quantitative estimate of drug-likeness (QED) is 0.201. The van der Waals surface area contributed by atoms with Gasteiger partial charge in [-0.3, -0.25) is 14.5 Å². The Kier molecular flexibility index (Phi) is 8.35.